The monoisotopic (exact) mass is 184 g/mol. The molecule has 0 radical (unpaired) electrons. The zero-order valence-corrected chi connectivity index (χ0v) is 6.79. The van der Waals surface area contributed by atoms with Gasteiger partial charge < -0.3 is 10.8 Å². The highest BCUT2D eigenvalue weighted by Gasteiger charge is 2.13. The topological polar surface area (TPSA) is 125 Å². The molecule has 0 aromatic carbocycles. The molecule has 1 aromatic heterocycles. The van der Waals surface area contributed by atoms with Crippen LogP contribution in [0.5, 0.6) is 5.88 Å². The first-order valence-electron chi connectivity index (χ1n) is 3.31. The SMILES string of the molecule is Cn1c(O)c(C(=N)N)c(=O)[nH]c1=O. The summed E-state index contributed by atoms with van der Waals surface area (Å²) in [5, 5.41) is 16.2. The third kappa shape index (κ3) is 1.31. The summed E-state index contributed by atoms with van der Waals surface area (Å²) in [5.41, 5.74) is 3.00. The van der Waals surface area contributed by atoms with E-state index in [1.807, 2.05) is 4.98 Å². The second-order valence-corrected chi connectivity index (χ2v) is 2.43. The molecular formula is C6H8N4O3. The third-order valence-corrected chi connectivity index (χ3v) is 1.56. The lowest BCUT2D eigenvalue weighted by atomic mass is 10.3. The first-order valence-corrected chi connectivity index (χ1v) is 3.31. The van der Waals surface area contributed by atoms with E-state index in [1.165, 1.54) is 7.05 Å². The zero-order chi connectivity index (χ0) is 10.2. The van der Waals surface area contributed by atoms with Gasteiger partial charge in [-0.15, -0.1) is 0 Å². The van der Waals surface area contributed by atoms with E-state index in [-0.39, 0.29) is 0 Å². The maximum atomic E-state index is 11.0. The molecule has 0 saturated carbocycles. The molecule has 1 aromatic rings. The quantitative estimate of drug-likeness (QED) is 0.299. The average Bonchev–Trinajstić information content (AvgIpc) is 1.99. The van der Waals surface area contributed by atoms with Crippen molar-refractivity contribution < 1.29 is 5.11 Å². The fourth-order valence-electron chi connectivity index (χ4n) is 0.852. The van der Waals surface area contributed by atoms with Crippen LogP contribution in [-0.2, 0) is 7.05 Å². The number of nitrogens with one attached hydrogen (secondary N) is 2. The van der Waals surface area contributed by atoms with E-state index in [0.29, 0.717) is 0 Å². The molecule has 0 fully saturated rings. The van der Waals surface area contributed by atoms with Crippen LogP contribution in [0.25, 0.3) is 0 Å². The minimum atomic E-state index is -0.867. The highest BCUT2D eigenvalue weighted by molar-refractivity contribution is 5.96. The Kier molecular flexibility index (Phi) is 1.93. The molecule has 1 heterocycles. The van der Waals surface area contributed by atoms with Gasteiger partial charge in [0.1, 0.15) is 11.4 Å². The van der Waals surface area contributed by atoms with Crippen LogP contribution in [0, 0.1) is 5.41 Å². The number of hydrogen-bond donors (Lipinski definition) is 4. The van der Waals surface area contributed by atoms with Gasteiger partial charge in [-0.1, -0.05) is 0 Å². The van der Waals surface area contributed by atoms with E-state index in [4.69, 9.17) is 11.1 Å². The van der Waals surface area contributed by atoms with Crippen LogP contribution in [0.2, 0.25) is 0 Å². The van der Waals surface area contributed by atoms with Gasteiger partial charge in [0.05, 0.1) is 0 Å². The van der Waals surface area contributed by atoms with E-state index >= 15 is 0 Å². The van der Waals surface area contributed by atoms with Crippen molar-refractivity contribution in [2.75, 3.05) is 0 Å². The van der Waals surface area contributed by atoms with Crippen molar-refractivity contribution in [2.24, 2.45) is 12.8 Å². The number of hydrogen-bond acceptors (Lipinski definition) is 4. The first-order chi connectivity index (χ1) is 5.95. The van der Waals surface area contributed by atoms with Crippen LogP contribution < -0.4 is 17.0 Å². The summed E-state index contributed by atoms with van der Waals surface area (Å²) in [5.74, 6) is -1.20. The van der Waals surface area contributed by atoms with Crippen molar-refractivity contribution in [1.29, 1.82) is 5.41 Å². The van der Waals surface area contributed by atoms with Crippen molar-refractivity contribution in [2.45, 2.75) is 0 Å². The summed E-state index contributed by atoms with van der Waals surface area (Å²) in [4.78, 5) is 23.8. The summed E-state index contributed by atoms with van der Waals surface area (Å²) >= 11 is 0. The third-order valence-electron chi connectivity index (χ3n) is 1.56. The van der Waals surface area contributed by atoms with Gasteiger partial charge in [-0.3, -0.25) is 19.8 Å². The summed E-state index contributed by atoms with van der Waals surface area (Å²) in [6.07, 6.45) is 0. The second kappa shape index (κ2) is 2.77. The lowest BCUT2D eigenvalue weighted by Crippen LogP contribution is -2.34. The number of H-pyrrole nitrogens is 1. The van der Waals surface area contributed by atoms with Crippen LogP contribution >= 0.6 is 0 Å². The number of rotatable bonds is 1. The minimum absolute atomic E-state index is 0.401. The normalized spacial score (nSPS) is 9.92. The maximum absolute atomic E-state index is 11.0. The van der Waals surface area contributed by atoms with Crippen LogP contribution in [0.3, 0.4) is 0 Å². The van der Waals surface area contributed by atoms with E-state index in [9.17, 15) is 14.7 Å². The highest BCUT2D eigenvalue weighted by Crippen LogP contribution is 2.05. The highest BCUT2D eigenvalue weighted by atomic mass is 16.3. The molecule has 0 aliphatic heterocycles. The predicted octanol–water partition coefficient (Wildman–Crippen LogP) is -1.94. The van der Waals surface area contributed by atoms with Crippen molar-refractivity contribution in [3.8, 4) is 5.88 Å². The molecule has 70 valence electrons. The summed E-state index contributed by atoms with van der Waals surface area (Å²) in [6.45, 7) is 0. The summed E-state index contributed by atoms with van der Waals surface area (Å²) < 4.78 is 0.790. The molecule has 7 nitrogen and oxygen atoms in total. The Bertz CT molecular complexity index is 470. The number of nitrogens with zero attached hydrogens (tertiary/aromatic N) is 1. The number of aromatic hydroxyl groups is 1. The largest absolute Gasteiger partial charge is 0.494 e. The van der Waals surface area contributed by atoms with Crippen molar-refractivity contribution in [3.63, 3.8) is 0 Å². The van der Waals surface area contributed by atoms with E-state index in [2.05, 4.69) is 0 Å². The fourth-order valence-corrected chi connectivity index (χ4v) is 0.852. The molecule has 0 amide bonds. The second-order valence-electron chi connectivity index (χ2n) is 2.43. The first kappa shape index (κ1) is 9.04. The standard InChI is InChI=1S/C6H8N4O3/c1-10-5(12)2(3(7)8)4(11)9-6(10)13/h12H,1H3,(H3,7,8)(H,9,11,13). The maximum Gasteiger partial charge on any atom is 0.330 e. The Morgan fingerprint density at radius 3 is 2.62 bits per heavy atom. The Morgan fingerprint density at radius 1 is 1.62 bits per heavy atom. The van der Waals surface area contributed by atoms with Gasteiger partial charge in [-0.25, -0.2) is 4.79 Å². The lowest BCUT2D eigenvalue weighted by molar-refractivity contribution is 0.416. The molecule has 7 heteroatoms. The average molecular weight is 184 g/mol. The molecule has 0 saturated heterocycles. The Labute approximate surface area is 72.0 Å². The van der Waals surface area contributed by atoms with E-state index in [0.717, 1.165) is 4.57 Å². The molecule has 0 aliphatic rings. The van der Waals surface area contributed by atoms with Gasteiger partial charge in [-0.05, 0) is 0 Å². The Balaban J connectivity index is 3.73. The van der Waals surface area contributed by atoms with E-state index in [1.54, 1.807) is 0 Å². The molecule has 0 atom stereocenters. The Hall–Kier alpha value is -2.05. The molecular weight excluding hydrogens is 176 g/mol. The van der Waals surface area contributed by atoms with Crippen molar-refractivity contribution in [1.82, 2.24) is 9.55 Å². The van der Waals surface area contributed by atoms with Gasteiger partial charge in [0, 0.05) is 7.05 Å². The van der Waals surface area contributed by atoms with Gasteiger partial charge >= 0.3 is 5.69 Å². The van der Waals surface area contributed by atoms with Gasteiger partial charge in [0.25, 0.3) is 5.56 Å². The van der Waals surface area contributed by atoms with Crippen LogP contribution in [0.15, 0.2) is 9.59 Å². The van der Waals surface area contributed by atoms with Crippen LogP contribution in [0.1, 0.15) is 5.56 Å². The molecule has 0 aliphatic carbocycles. The molecule has 0 unspecified atom stereocenters. The van der Waals surface area contributed by atoms with E-state index < -0.39 is 28.5 Å². The molecule has 5 N–H and O–H groups in total. The smallest absolute Gasteiger partial charge is 0.330 e. The number of aromatic nitrogens is 2. The Morgan fingerprint density at radius 2 is 2.15 bits per heavy atom. The van der Waals surface area contributed by atoms with Gasteiger partial charge in [0.15, 0.2) is 0 Å². The number of nitrogen functional groups attached to an aromatic ring is 1. The fraction of sp³-hybridized carbons (Fsp3) is 0.167. The molecule has 0 bridgehead atoms. The van der Waals surface area contributed by atoms with Crippen LogP contribution in [-0.4, -0.2) is 20.5 Å². The zero-order valence-electron chi connectivity index (χ0n) is 6.79. The molecule has 0 spiro atoms. The number of nitrogens with two attached hydrogens (primary N) is 1. The van der Waals surface area contributed by atoms with Crippen LogP contribution in [0.4, 0.5) is 0 Å². The molecule has 13 heavy (non-hydrogen) atoms. The van der Waals surface area contributed by atoms with Gasteiger partial charge in [0.2, 0.25) is 5.88 Å². The summed E-state index contributed by atoms with van der Waals surface area (Å²) in [6, 6.07) is 0. The van der Waals surface area contributed by atoms with Crippen molar-refractivity contribution >= 4 is 5.84 Å². The lowest BCUT2D eigenvalue weighted by Gasteiger charge is -2.04. The summed E-state index contributed by atoms with van der Waals surface area (Å²) in [7, 11) is 1.25. The minimum Gasteiger partial charge on any atom is -0.494 e. The number of amidine groups is 1. The molecule has 1 rings (SSSR count). The van der Waals surface area contributed by atoms with Gasteiger partial charge in [-0.2, -0.15) is 0 Å². The predicted molar refractivity (Wildman–Crippen MR) is 45.0 cm³/mol. The number of aromatic amines is 1. The van der Waals surface area contributed by atoms with Crippen molar-refractivity contribution in [3.05, 3.63) is 26.4 Å².